The highest BCUT2D eigenvalue weighted by atomic mass is 28.4. The first-order valence-corrected chi connectivity index (χ1v) is 33.6. The molecule has 11 atom stereocenters. The van der Waals surface area contributed by atoms with Gasteiger partial charge in [0.25, 0.3) is 0 Å². The summed E-state index contributed by atoms with van der Waals surface area (Å²) in [5.41, 5.74) is -0.625. The standard InChI is InChI=1S/C52H98O10Si3/c1-19-45(61-64(24-6,25-7)26-8)41(14)50-46(57-50)38-51(17,62-65(27-9,28-10)29-11)35-30-31-39(12)49-40(13)32-33-47(56-42(15)53)52(18,59-43(16)55-20-2)36-34-44(37-48(54)58-49)60-63(21-3,22-4)23-5/h30-33,35,40-41,43-47,49-50H,19-29,34,36-38H2,1-18H3/b33-32+,35-30+,39-31+. The van der Waals surface area contributed by atoms with Gasteiger partial charge in [0.1, 0.15) is 17.8 Å². The molecule has 0 aromatic carbocycles. The van der Waals surface area contributed by atoms with Gasteiger partial charge in [0.2, 0.25) is 0 Å². The third kappa shape index (κ3) is 17.5. The zero-order valence-corrected chi connectivity index (χ0v) is 47.8. The molecule has 11 unspecified atom stereocenters. The number of cyclic esters (lactones) is 1. The summed E-state index contributed by atoms with van der Waals surface area (Å²) in [7, 11) is -5.95. The van der Waals surface area contributed by atoms with Crippen molar-refractivity contribution >= 4 is 36.9 Å². The molecule has 1 saturated heterocycles. The van der Waals surface area contributed by atoms with Crippen LogP contribution >= 0.6 is 0 Å². The minimum atomic E-state index is -2.13. The fraction of sp³-hybridized carbons (Fsp3) is 0.846. The summed E-state index contributed by atoms with van der Waals surface area (Å²) >= 11 is 0. The lowest BCUT2D eigenvalue weighted by Crippen LogP contribution is -2.48. The lowest BCUT2D eigenvalue weighted by atomic mass is 9.88. The van der Waals surface area contributed by atoms with Gasteiger partial charge >= 0.3 is 11.9 Å². The van der Waals surface area contributed by atoms with Crippen molar-refractivity contribution in [2.75, 3.05) is 6.61 Å². The van der Waals surface area contributed by atoms with E-state index in [9.17, 15) is 9.59 Å². The maximum absolute atomic E-state index is 14.1. The van der Waals surface area contributed by atoms with E-state index in [1.165, 1.54) is 6.92 Å². The Bertz CT molecular complexity index is 1480. The Balaban J connectivity index is 2.62. The minimum absolute atomic E-state index is 0.0828. The highest BCUT2D eigenvalue weighted by Crippen LogP contribution is 2.43. The molecule has 1 fully saturated rings. The molecule has 65 heavy (non-hydrogen) atoms. The predicted octanol–water partition coefficient (Wildman–Crippen LogP) is 13.6. The normalized spacial score (nSPS) is 28.1. The van der Waals surface area contributed by atoms with Gasteiger partial charge in [0, 0.05) is 37.9 Å². The monoisotopic (exact) mass is 967 g/mol. The summed E-state index contributed by atoms with van der Waals surface area (Å²) in [5.74, 6) is -0.667. The molecule has 0 bridgehead atoms. The number of allylic oxidation sites excluding steroid dienone is 2. The fourth-order valence-electron chi connectivity index (χ4n) is 10.2. The topological polar surface area (TPSA) is 111 Å². The van der Waals surface area contributed by atoms with Gasteiger partial charge in [-0.3, -0.25) is 9.59 Å². The molecule has 10 nitrogen and oxygen atoms in total. The fourth-order valence-corrected chi connectivity index (χ4v) is 19.2. The summed E-state index contributed by atoms with van der Waals surface area (Å²) in [6.45, 7) is 38.8. The predicted molar refractivity (Wildman–Crippen MR) is 275 cm³/mol. The number of epoxide rings is 1. The largest absolute Gasteiger partial charge is 0.457 e. The number of carbonyl (C=O) groups excluding carboxylic acids is 2. The summed E-state index contributed by atoms with van der Waals surface area (Å²) < 4.78 is 53.0. The van der Waals surface area contributed by atoms with Crippen LogP contribution < -0.4 is 0 Å². The first-order chi connectivity index (χ1) is 30.6. The summed E-state index contributed by atoms with van der Waals surface area (Å²) in [6, 6.07) is 9.40. The molecule has 0 aliphatic carbocycles. The Kier molecular flexibility index (Phi) is 25.4. The molecule has 0 aromatic rings. The van der Waals surface area contributed by atoms with Crippen LogP contribution in [0.1, 0.15) is 157 Å². The molecular weight excluding hydrogens is 869 g/mol. The second kappa shape index (κ2) is 27.7. The Morgan fingerprint density at radius 3 is 1.95 bits per heavy atom. The van der Waals surface area contributed by atoms with Crippen LogP contribution in [0.5, 0.6) is 0 Å². The van der Waals surface area contributed by atoms with Crippen molar-refractivity contribution in [3.63, 3.8) is 0 Å². The zero-order chi connectivity index (χ0) is 49.2. The molecule has 13 heteroatoms. The van der Waals surface area contributed by atoms with E-state index < -0.39 is 60.6 Å². The zero-order valence-electron chi connectivity index (χ0n) is 44.8. The molecule has 2 rings (SSSR count). The van der Waals surface area contributed by atoms with Gasteiger partial charge in [-0.1, -0.05) is 107 Å². The van der Waals surface area contributed by atoms with Gasteiger partial charge in [-0.15, -0.1) is 0 Å². The van der Waals surface area contributed by atoms with Crippen LogP contribution in [0, 0.1) is 11.8 Å². The summed E-state index contributed by atoms with van der Waals surface area (Å²) in [6.07, 6.45) is 11.3. The number of hydrogen-bond donors (Lipinski definition) is 0. The molecule has 2 aliphatic heterocycles. The SMILES string of the molecule is CCOC(C)OC1(C)CCC(O[Si](CC)(CC)CC)CC(=O)OC(/C(C)=C/C=C/C(C)(CC2OC2C(C)C(CC)O[Si](CC)(CC)CC)O[Si](CC)(CC)CC)C(C)/C=C/C1OC(C)=O. The van der Waals surface area contributed by atoms with Crippen molar-refractivity contribution in [3.05, 3.63) is 36.0 Å². The Hall–Kier alpha value is -1.43. The minimum Gasteiger partial charge on any atom is -0.457 e. The van der Waals surface area contributed by atoms with Crippen LogP contribution in [0.2, 0.25) is 54.4 Å². The highest BCUT2D eigenvalue weighted by Gasteiger charge is 2.51. The van der Waals surface area contributed by atoms with Crippen molar-refractivity contribution in [1.29, 1.82) is 0 Å². The van der Waals surface area contributed by atoms with Crippen molar-refractivity contribution in [2.45, 2.75) is 265 Å². The molecule has 0 N–H and O–H groups in total. The quantitative estimate of drug-likeness (QED) is 0.0188. The van der Waals surface area contributed by atoms with Gasteiger partial charge in [-0.2, -0.15) is 0 Å². The number of esters is 2. The van der Waals surface area contributed by atoms with Crippen LogP contribution in [-0.2, 0) is 46.6 Å². The van der Waals surface area contributed by atoms with Gasteiger partial charge in [-0.25, -0.2) is 0 Å². The van der Waals surface area contributed by atoms with E-state index >= 15 is 0 Å². The molecule has 2 aliphatic rings. The van der Waals surface area contributed by atoms with E-state index in [1.807, 2.05) is 46.8 Å². The average Bonchev–Trinajstić information content (AvgIpc) is 4.05. The number of hydrogen-bond acceptors (Lipinski definition) is 10. The van der Waals surface area contributed by atoms with E-state index in [0.29, 0.717) is 25.4 Å². The third-order valence-electron chi connectivity index (χ3n) is 15.5. The number of rotatable bonds is 28. The van der Waals surface area contributed by atoms with E-state index in [0.717, 1.165) is 72.8 Å². The second-order valence-electron chi connectivity index (χ2n) is 19.8. The van der Waals surface area contributed by atoms with Crippen LogP contribution in [0.3, 0.4) is 0 Å². The molecule has 0 spiro atoms. The maximum Gasteiger partial charge on any atom is 0.308 e. The van der Waals surface area contributed by atoms with Crippen molar-refractivity contribution in [3.8, 4) is 0 Å². The maximum atomic E-state index is 14.1. The third-order valence-corrected chi connectivity index (χ3v) is 29.6. The van der Waals surface area contributed by atoms with Gasteiger partial charge in [-0.05, 0) is 120 Å². The van der Waals surface area contributed by atoms with Crippen LogP contribution in [0.4, 0.5) is 0 Å². The lowest BCUT2D eigenvalue weighted by Gasteiger charge is -2.40. The average molecular weight is 968 g/mol. The highest BCUT2D eigenvalue weighted by molar-refractivity contribution is 6.74. The number of carbonyl (C=O) groups is 2. The van der Waals surface area contributed by atoms with E-state index in [1.54, 1.807) is 0 Å². The molecule has 0 amide bonds. The molecule has 0 radical (unpaired) electrons. The van der Waals surface area contributed by atoms with Crippen molar-refractivity contribution in [2.24, 2.45) is 11.8 Å². The van der Waals surface area contributed by atoms with E-state index in [2.05, 4.69) is 101 Å². The molecular formula is C52H98O10Si3. The summed E-state index contributed by atoms with van der Waals surface area (Å²) in [5, 5.41) is 0. The van der Waals surface area contributed by atoms with Crippen LogP contribution in [-0.4, -0.2) is 97.6 Å². The van der Waals surface area contributed by atoms with Gasteiger partial charge in [0.15, 0.2) is 31.2 Å². The van der Waals surface area contributed by atoms with Crippen molar-refractivity contribution < 1.29 is 46.6 Å². The lowest BCUT2D eigenvalue weighted by molar-refractivity contribution is -0.227. The first-order valence-electron chi connectivity index (χ1n) is 26.1. The Labute approximate surface area is 401 Å². The smallest absolute Gasteiger partial charge is 0.308 e. The summed E-state index contributed by atoms with van der Waals surface area (Å²) in [4.78, 5) is 26.8. The molecule has 0 saturated carbocycles. The Morgan fingerprint density at radius 1 is 0.877 bits per heavy atom. The van der Waals surface area contributed by atoms with Crippen LogP contribution in [0.15, 0.2) is 36.0 Å². The number of ether oxygens (including phenoxy) is 5. The van der Waals surface area contributed by atoms with Gasteiger partial charge in [0.05, 0.1) is 30.3 Å². The molecule has 0 aromatic heterocycles. The van der Waals surface area contributed by atoms with Crippen LogP contribution in [0.25, 0.3) is 0 Å². The Morgan fingerprint density at radius 2 is 1.45 bits per heavy atom. The van der Waals surface area contributed by atoms with E-state index in [-0.39, 0.29) is 42.7 Å². The second-order valence-corrected chi connectivity index (χ2v) is 33.9. The first kappa shape index (κ1) is 59.7. The molecule has 2 heterocycles. The van der Waals surface area contributed by atoms with E-state index in [4.69, 9.17) is 37.0 Å². The van der Waals surface area contributed by atoms with Crippen molar-refractivity contribution in [1.82, 2.24) is 0 Å². The van der Waals surface area contributed by atoms with Gasteiger partial charge < -0.3 is 37.0 Å². The molecule has 378 valence electrons.